The maximum absolute atomic E-state index is 12.6. The lowest BCUT2D eigenvalue weighted by Crippen LogP contribution is -2.20. The number of nitro groups is 1. The smallest absolute Gasteiger partial charge is 0.282 e. The van der Waals surface area contributed by atoms with E-state index in [0.29, 0.717) is 17.8 Å². The fourth-order valence-corrected chi connectivity index (χ4v) is 2.74. The van der Waals surface area contributed by atoms with Crippen molar-refractivity contribution >= 4 is 17.4 Å². The molecular formula is C18H18N6O4. The summed E-state index contributed by atoms with van der Waals surface area (Å²) < 4.78 is 1.29. The third kappa shape index (κ3) is 3.95. The Hall–Kier alpha value is -3.82. The Bertz CT molecular complexity index is 1100. The molecular weight excluding hydrogens is 364 g/mol. The van der Waals surface area contributed by atoms with Gasteiger partial charge in [0.15, 0.2) is 0 Å². The molecule has 0 radical (unpaired) electrons. The van der Waals surface area contributed by atoms with E-state index in [1.54, 1.807) is 13.0 Å². The summed E-state index contributed by atoms with van der Waals surface area (Å²) in [4.78, 5) is 42.1. The molecule has 2 heterocycles. The van der Waals surface area contributed by atoms with Crippen molar-refractivity contribution in [3.8, 4) is 5.95 Å². The number of benzene rings is 1. The average Bonchev–Trinajstić information content (AvgIpc) is 3.01. The number of aromatic amines is 1. The van der Waals surface area contributed by atoms with Crippen LogP contribution in [-0.4, -0.2) is 30.6 Å². The zero-order valence-electron chi connectivity index (χ0n) is 15.3. The van der Waals surface area contributed by atoms with E-state index in [0.717, 1.165) is 6.42 Å². The van der Waals surface area contributed by atoms with Crippen LogP contribution in [0.1, 0.15) is 35.1 Å². The van der Waals surface area contributed by atoms with Gasteiger partial charge in [0, 0.05) is 23.9 Å². The molecule has 1 aromatic carbocycles. The first-order chi connectivity index (χ1) is 13.4. The minimum atomic E-state index is -0.666. The molecule has 10 heteroatoms. The first kappa shape index (κ1) is 19.0. The number of H-pyrrole nitrogens is 1. The number of carbonyl (C=O) groups is 1. The third-order valence-corrected chi connectivity index (χ3v) is 3.91. The van der Waals surface area contributed by atoms with E-state index in [1.807, 2.05) is 6.92 Å². The number of para-hydroxylation sites is 1. The van der Waals surface area contributed by atoms with Crippen molar-refractivity contribution in [3.63, 3.8) is 0 Å². The molecule has 28 heavy (non-hydrogen) atoms. The molecule has 0 unspecified atom stereocenters. The van der Waals surface area contributed by atoms with Crippen LogP contribution in [0.5, 0.6) is 0 Å². The van der Waals surface area contributed by atoms with Gasteiger partial charge in [0.1, 0.15) is 11.4 Å². The van der Waals surface area contributed by atoms with Gasteiger partial charge in [-0.2, -0.15) is 9.78 Å². The number of hydrogen-bond donors (Lipinski definition) is 2. The lowest BCUT2D eigenvalue weighted by atomic mass is 10.1. The summed E-state index contributed by atoms with van der Waals surface area (Å²) in [7, 11) is 0. The van der Waals surface area contributed by atoms with E-state index in [2.05, 4.69) is 20.4 Å². The molecule has 10 nitrogen and oxygen atoms in total. The number of nitro benzene ring substituents is 1. The monoisotopic (exact) mass is 382 g/mol. The molecule has 144 valence electrons. The highest BCUT2D eigenvalue weighted by atomic mass is 16.6. The summed E-state index contributed by atoms with van der Waals surface area (Å²) in [5.74, 6) is -0.278. The van der Waals surface area contributed by atoms with Crippen LogP contribution in [0, 0.1) is 17.0 Å². The average molecular weight is 382 g/mol. The summed E-state index contributed by atoms with van der Waals surface area (Å²) >= 11 is 0. The molecule has 0 atom stereocenters. The van der Waals surface area contributed by atoms with Crippen molar-refractivity contribution in [2.75, 3.05) is 5.32 Å². The number of nitrogens with zero attached hydrogens (tertiary/aromatic N) is 4. The summed E-state index contributed by atoms with van der Waals surface area (Å²) in [6.07, 6.45) is 1.43. The first-order valence-electron chi connectivity index (χ1n) is 8.61. The zero-order valence-corrected chi connectivity index (χ0v) is 15.3. The highest BCUT2D eigenvalue weighted by molar-refractivity contribution is 6.06. The first-order valence-corrected chi connectivity index (χ1v) is 8.61. The second kappa shape index (κ2) is 7.82. The van der Waals surface area contributed by atoms with E-state index in [-0.39, 0.29) is 28.6 Å². The molecule has 2 N–H and O–H groups in total. The number of anilines is 1. The molecule has 0 bridgehead atoms. The van der Waals surface area contributed by atoms with Crippen molar-refractivity contribution in [2.24, 2.45) is 0 Å². The topological polar surface area (TPSA) is 136 Å². The van der Waals surface area contributed by atoms with E-state index >= 15 is 0 Å². The molecule has 3 rings (SSSR count). The second-order valence-electron chi connectivity index (χ2n) is 6.12. The number of amides is 1. The van der Waals surface area contributed by atoms with Crippen molar-refractivity contribution in [1.82, 2.24) is 19.7 Å². The van der Waals surface area contributed by atoms with Crippen LogP contribution in [0.25, 0.3) is 5.95 Å². The predicted molar refractivity (Wildman–Crippen MR) is 102 cm³/mol. The molecule has 0 aliphatic heterocycles. The molecule has 0 fully saturated rings. The molecule has 0 saturated carbocycles. The van der Waals surface area contributed by atoms with Crippen molar-refractivity contribution < 1.29 is 9.72 Å². The Kier molecular flexibility index (Phi) is 5.30. The van der Waals surface area contributed by atoms with Gasteiger partial charge in [-0.05, 0) is 19.4 Å². The van der Waals surface area contributed by atoms with E-state index in [4.69, 9.17) is 0 Å². The summed E-state index contributed by atoms with van der Waals surface area (Å²) in [5, 5.41) is 18.0. The van der Waals surface area contributed by atoms with E-state index in [9.17, 15) is 19.7 Å². The Morgan fingerprint density at radius 2 is 2.07 bits per heavy atom. The van der Waals surface area contributed by atoms with Gasteiger partial charge in [-0.1, -0.05) is 25.5 Å². The summed E-state index contributed by atoms with van der Waals surface area (Å²) in [5.41, 5.74) is 0.447. The number of aromatic nitrogens is 4. The van der Waals surface area contributed by atoms with Gasteiger partial charge >= 0.3 is 0 Å². The van der Waals surface area contributed by atoms with Gasteiger partial charge in [-0.3, -0.25) is 24.7 Å². The van der Waals surface area contributed by atoms with Gasteiger partial charge in [-0.25, -0.2) is 4.98 Å². The standard InChI is InChI=1S/C18H18N6O4/c1-3-6-12-10-16(25)21-18(19-12)23-15(9-11(2)22-23)20-17(26)13-7-4-5-8-14(13)24(27)28/h4-5,7-10H,3,6H2,1-2H3,(H,20,26)(H,19,21,25). The lowest BCUT2D eigenvalue weighted by molar-refractivity contribution is -0.385. The largest absolute Gasteiger partial charge is 0.306 e. The highest BCUT2D eigenvalue weighted by Gasteiger charge is 2.21. The normalized spacial score (nSPS) is 10.6. The van der Waals surface area contributed by atoms with Crippen molar-refractivity contribution in [2.45, 2.75) is 26.7 Å². The van der Waals surface area contributed by atoms with Gasteiger partial charge in [0.05, 0.1) is 10.6 Å². The minimum absolute atomic E-state index is 0.0842. The van der Waals surface area contributed by atoms with E-state index in [1.165, 1.54) is 35.0 Å². The fraction of sp³-hybridized carbons (Fsp3) is 0.222. The Balaban J connectivity index is 1.99. The molecule has 0 aliphatic rings. The van der Waals surface area contributed by atoms with Crippen LogP contribution in [0.2, 0.25) is 0 Å². The Labute approximate surface area is 159 Å². The Morgan fingerprint density at radius 3 is 2.79 bits per heavy atom. The summed E-state index contributed by atoms with van der Waals surface area (Å²) in [6.45, 7) is 3.68. The fourth-order valence-electron chi connectivity index (χ4n) is 2.74. The van der Waals surface area contributed by atoms with Crippen LogP contribution >= 0.6 is 0 Å². The van der Waals surface area contributed by atoms with Gasteiger partial charge in [-0.15, -0.1) is 0 Å². The predicted octanol–water partition coefficient (Wildman–Crippen LogP) is 2.38. The van der Waals surface area contributed by atoms with Gasteiger partial charge < -0.3 is 5.32 Å². The van der Waals surface area contributed by atoms with Crippen LogP contribution in [-0.2, 0) is 6.42 Å². The van der Waals surface area contributed by atoms with Crippen LogP contribution in [0.4, 0.5) is 11.5 Å². The maximum Gasteiger partial charge on any atom is 0.282 e. The number of aryl methyl sites for hydroxylation is 2. The highest BCUT2D eigenvalue weighted by Crippen LogP contribution is 2.21. The van der Waals surface area contributed by atoms with Gasteiger partial charge in [0.2, 0.25) is 5.95 Å². The number of carbonyl (C=O) groups excluding carboxylic acids is 1. The number of hydrogen-bond acceptors (Lipinski definition) is 6. The zero-order chi connectivity index (χ0) is 20.3. The minimum Gasteiger partial charge on any atom is -0.306 e. The van der Waals surface area contributed by atoms with Crippen LogP contribution in [0.3, 0.4) is 0 Å². The number of nitrogens with one attached hydrogen (secondary N) is 2. The lowest BCUT2D eigenvalue weighted by Gasteiger charge is -2.09. The SMILES string of the molecule is CCCc1cc(=O)[nH]c(-n2nc(C)cc2NC(=O)c2ccccc2[N+](=O)[O-])n1. The Morgan fingerprint density at radius 1 is 1.32 bits per heavy atom. The molecule has 0 saturated heterocycles. The maximum atomic E-state index is 12.6. The molecule has 1 amide bonds. The van der Waals surface area contributed by atoms with Crippen molar-refractivity contribution in [3.05, 3.63) is 73.8 Å². The third-order valence-electron chi connectivity index (χ3n) is 3.91. The van der Waals surface area contributed by atoms with Crippen LogP contribution < -0.4 is 10.9 Å². The molecule has 0 spiro atoms. The van der Waals surface area contributed by atoms with Gasteiger partial charge in [0.25, 0.3) is 17.2 Å². The van der Waals surface area contributed by atoms with E-state index < -0.39 is 10.8 Å². The molecule has 0 aliphatic carbocycles. The quantitative estimate of drug-likeness (QED) is 0.496. The number of rotatable bonds is 6. The van der Waals surface area contributed by atoms with Crippen molar-refractivity contribution in [1.29, 1.82) is 0 Å². The molecule has 3 aromatic rings. The second-order valence-corrected chi connectivity index (χ2v) is 6.12. The summed E-state index contributed by atoms with van der Waals surface area (Å²) in [6, 6.07) is 8.64. The molecule has 2 aromatic heterocycles. The van der Waals surface area contributed by atoms with Crippen LogP contribution in [0.15, 0.2) is 41.2 Å².